The van der Waals surface area contributed by atoms with Gasteiger partial charge in [-0.2, -0.15) is 0 Å². The second-order valence-corrected chi connectivity index (χ2v) is 6.69. The molecule has 0 atom stereocenters. The van der Waals surface area contributed by atoms with Crippen molar-refractivity contribution < 1.29 is 4.39 Å². The van der Waals surface area contributed by atoms with Crippen LogP contribution in [0.1, 0.15) is 22.4 Å². The molecule has 26 heavy (non-hydrogen) atoms. The van der Waals surface area contributed by atoms with Crippen LogP contribution in [0.25, 0.3) is 11.4 Å². The SMILES string of the molecule is Cc1c(F)cccc1CN1CCc2nc(-c3ccccc3)[nH]c(=O)c2C1. The number of nitrogens with one attached hydrogen (secondary N) is 1. The summed E-state index contributed by atoms with van der Waals surface area (Å²) in [7, 11) is 0. The van der Waals surface area contributed by atoms with E-state index in [2.05, 4.69) is 14.9 Å². The zero-order chi connectivity index (χ0) is 18.1. The minimum absolute atomic E-state index is 0.0884. The topological polar surface area (TPSA) is 49.0 Å². The molecule has 0 aliphatic carbocycles. The van der Waals surface area contributed by atoms with Crippen molar-refractivity contribution in [3.8, 4) is 11.4 Å². The highest BCUT2D eigenvalue weighted by Crippen LogP contribution is 2.21. The van der Waals surface area contributed by atoms with E-state index in [9.17, 15) is 9.18 Å². The van der Waals surface area contributed by atoms with E-state index < -0.39 is 0 Å². The van der Waals surface area contributed by atoms with E-state index in [0.717, 1.165) is 23.4 Å². The molecule has 3 aromatic rings. The van der Waals surface area contributed by atoms with Crippen LogP contribution in [0.4, 0.5) is 4.39 Å². The third-order valence-electron chi connectivity index (χ3n) is 4.97. The Bertz CT molecular complexity index is 998. The summed E-state index contributed by atoms with van der Waals surface area (Å²) in [5, 5.41) is 0. The number of aromatic amines is 1. The third-order valence-corrected chi connectivity index (χ3v) is 4.97. The average molecular weight is 349 g/mol. The number of hydrogen-bond donors (Lipinski definition) is 1. The predicted octanol–water partition coefficient (Wildman–Crippen LogP) is 3.44. The predicted molar refractivity (Wildman–Crippen MR) is 99.2 cm³/mol. The summed E-state index contributed by atoms with van der Waals surface area (Å²) in [6.45, 7) is 3.75. The van der Waals surface area contributed by atoms with Crippen molar-refractivity contribution >= 4 is 0 Å². The van der Waals surface area contributed by atoms with Gasteiger partial charge in [0.05, 0.1) is 11.3 Å². The number of H-pyrrole nitrogens is 1. The third kappa shape index (κ3) is 3.18. The number of nitrogens with zero attached hydrogens (tertiary/aromatic N) is 2. The Kier molecular flexibility index (Phi) is 4.39. The molecule has 0 amide bonds. The number of fused-ring (bicyclic) bond motifs is 1. The van der Waals surface area contributed by atoms with Crippen LogP contribution < -0.4 is 5.56 Å². The summed E-state index contributed by atoms with van der Waals surface area (Å²) in [5.41, 5.74) is 4.02. The number of rotatable bonds is 3. The van der Waals surface area contributed by atoms with Gasteiger partial charge in [0.1, 0.15) is 11.6 Å². The summed E-state index contributed by atoms with van der Waals surface area (Å²) in [4.78, 5) is 22.3. The standard InChI is InChI=1S/C21H20FN3O/c1-14-16(8-5-9-18(14)22)12-25-11-10-19-17(13-25)21(26)24-20(23-19)15-6-3-2-4-7-15/h2-9H,10-13H2,1H3,(H,23,24,26). The first-order valence-corrected chi connectivity index (χ1v) is 8.75. The molecule has 2 aromatic carbocycles. The first kappa shape index (κ1) is 16.7. The average Bonchev–Trinajstić information content (AvgIpc) is 2.66. The van der Waals surface area contributed by atoms with Crippen molar-refractivity contribution in [2.45, 2.75) is 26.4 Å². The van der Waals surface area contributed by atoms with Crippen LogP contribution in [0.15, 0.2) is 53.3 Å². The molecule has 5 heteroatoms. The van der Waals surface area contributed by atoms with E-state index in [1.165, 1.54) is 6.07 Å². The molecular weight excluding hydrogens is 329 g/mol. The van der Waals surface area contributed by atoms with E-state index in [1.807, 2.05) is 36.4 Å². The number of halogens is 1. The minimum Gasteiger partial charge on any atom is -0.306 e. The molecule has 4 rings (SSSR count). The molecule has 2 heterocycles. The summed E-state index contributed by atoms with van der Waals surface area (Å²) < 4.78 is 13.8. The Morgan fingerprint density at radius 1 is 1.15 bits per heavy atom. The molecule has 4 nitrogen and oxygen atoms in total. The summed E-state index contributed by atoms with van der Waals surface area (Å²) in [5.74, 6) is 0.427. The summed E-state index contributed by atoms with van der Waals surface area (Å²) in [6.07, 6.45) is 0.716. The van der Waals surface area contributed by atoms with Gasteiger partial charge < -0.3 is 4.98 Å². The summed E-state index contributed by atoms with van der Waals surface area (Å²) in [6, 6.07) is 14.8. The highest BCUT2D eigenvalue weighted by molar-refractivity contribution is 5.54. The molecule has 0 fully saturated rings. The van der Waals surface area contributed by atoms with Crippen LogP contribution in [0.2, 0.25) is 0 Å². The maximum Gasteiger partial charge on any atom is 0.255 e. The van der Waals surface area contributed by atoms with Crippen LogP contribution in [0.5, 0.6) is 0 Å². The number of aromatic nitrogens is 2. The van der Waals surface area contributed by atoms with Gasteiger partial charge in [0.15, 0.2) is 0 Å². The molecule has 1 N–H and O–H groups in total. The lowest BCUT2D eigenvalue weighted by molar-refractivity contribution is 0.241. The Morgan fingerprint density at radius 2 is 1.96 bits per heavy atom. The Balaban J connectivity index is 1.60. The molecule has 0 bridgehead atoms. The molecule has 0 radical (unpaired) electrons. The van der Waals surface area contributed by atoms with Gasteiger partial charge in [0.2, 0.25) is 0 Å². The molecular formula is C21H20FN3O. The van der Waals surface area contributed by atoms with Crippen LogP contribution in [0.3, 0.4) is 0 Å². The minimum atomic E-state index is -0.188. The van der Waals surface area contributed by atoms with Crippen LogP contribution in [-0.4, -0.2) is 21.4 Å². The van der Waals surface area contributed by atoms with Crippen LogP contribution in [0, 0.1) is 12.7 Å². The summed E-state index contributed by atoms with van der Waals surface area (Å²) >= 11 is 0. The number of benzene rings is 2. The fourth-order valence-corrected chi connectivity index (χ4v) is 3.41. The molecule has 0 spiro atoms. The van der Waals surface area contributed by atoms with Crippen LogP contribution >= 0.6 is 0 Å². The van der Waals surface area contributed by atoms with Crippen molar-refractivity contribution in [2.75, 3.05) is 6.54 Å². The lowest BCUT2D eigenvalue weighted by atomic mass is 10.0. The second-order valence-electron chi connectivity index (χ2n) is 6.69. The lowest BCUT2D eigenvalue weighted by Crippen LogP contribution is -2.35. The van der Waals surface area contributed by atoms with Crippen molar-refractivity contribution in [1.82, 2.24) is 14.9 Å². The largest absolute Gasteiger partial charge is 0.306 e. The zero-order valence-corrected chi connectivity index (χ0v) is 14.6. The van der Waals surface area contributed by atoms with Crippen molar-refractivity contribution in [3.63, 3.8) is 0 Å². The molecule has 1 aliphatic rings. The van der Waals surface area contributed by atoms with Gasteiger partial charge >= 0.3 is 0 Å². The van der Waals surface area contributed by atoms with Gasteiger partial charge in [-0.1, -0.05) is 42.5 Å². The van der Waals surface area contributed by atoms with Gasteiger partial charge in [-0.25, -0.2) is 9.37 Å². The van der Waals surface area contributed by atoms with E-state index in [1.54, 1.807) is 13.0 Å². The monoisotopic (exact) mass is 349 g/mol. The molecule has 0 unspecified atom stereocenters. The Labute approximate surface area is 151 Å². The highest BCUT2D eigenvalue weighted by atomic mass is 19.1. The molecule has 0 saturated carbocycles. The normalized spacial score (nSPS) is 14.2. The fourth-order valence-electron chi connectivity index (χ4n) is 3.41. The smallest absolute Gasteiger partial charge is 0.255 e. The van der Waals surface area contributed by atoms with Crippen molar-refractivity contribution in [3.05, 3.63) is 87.1 Å². The molecule has 1 aromatic heterocycles. The van der Waals surface area contributed by atoms with E-state index >= 15 is 0 Å². The van der Waals surface area contributed by atoms with Crippen molar-refractivity contribution in [2.24, 2.45) is 0 Å². The Hall–Kier alpha value is -2.79. The number of hydrogen-bond acceptors (Lipinski definition) is 3. The maximum atomic E-state index is 13.8. The van der Waals surface area contributed by atoms with E-state index in [0.29, 0.717) is 36.5 Å². The lowest BCUT2D eigenvalue weighted by Gasteiger charge is -2.28. The fraction of sp³-hybridized carbons (Fsp3) is 0.238. The molecule has 1 aliphatic heterocycles. The quantitative estimate of drug-likeness (QED) is 0.788. The maximum absolute atomic E-state index is 13.8. The van der Waals surface area contributed by atoms with Gasteiger partial charge in [0.25, 0.3) is 5.56 Å². The molecule has 0 saturated heterocycles. The van der Waals surface area contributed by atoms with Gasteiger partial charge in [-0.15, -0.1) is 0 Å². The van der Waals surface area contributed by atoms with Crippen molar-refractivity contribution in [1.29, 1.82) is 0 Å². The van der Waals surface area contributed by atoms with Gasteiger partial charge in [-0.3, -0.25) is 9.69 Å². The Morgan fingerprint density at radius 3 is 2.77 bits per heavy atom. The highest BCUT2D eigenvalue weighted by Gasteiger charge is 2.22. The van der Waals surface area contributed by atoms with Crippen LogP contribution in [-0.2, 0) is 19.5 Å². The first-order valence-electron chi connectivity index (χ1n) is 8.75. The van der Waals surface area contributed by atoms with Gasteiger partial charge in [0, 0.05) is 31.6 Å². The van der Waals surface area contributed by atoms with E-state index in [-0.39, 0.29) is 11.4 Å². The second kappa shape index (κ2) is 6.84. The molecule has 132 valence electrons. The van der Waals surface area contributed by atoms with E-state index in [4.69, 9.17) is 0 Å². The van der Waals surface area contributed by atoms with Gasteiger partial charge in [-0.05, 0) is 24.1 Å². The first-order chi connectivity index (χ1) is 12.6. The zero-order valence-electron chi connectivity index (χ0n) is 14.6.